The van der Waals surface area contributed by atoms with Gasteiger partial charge < -0.3 is 0 Å². The summed E-state index contributed by atoms with van der Waals surface area (Å²) in [5.74, 6) is 5.40. The van der Waals surface area contributed by atoms with E-state index in [1.165, 1.54) is 0 Å². The van der Waals surface area contributed by atoms with Crippen LogP contribution in [0.2, 0.25) is 0 Å². The summed E-state index contributed by atoms with van der Waals surface area (Å²) in [6.07, 6.45) is 5.35. The van der Waals surface area contributed by atoms with Crippen LogP contribution in [0.4, 0.5) is 0 Å². The van der Waals surface area contributed by atoms with Crippen molar-refractivity contribution < 1.29 is 4.79 Å². The summed E-state index contributed by atoms with van der Waals surface area (Å²) in [4.78, 5) is 16.8. The van der Waals surface area contributed by atoms with Crippen molar-refractivity contribution in [1.29, 1.82) is 0 Å². The summed E-state index contributed by atoms with van der Waals surface area (Å²) < 4.78 is 1.73. The fourth-order valence-electron chi connectivity index (χ4n) is 1.46. The molecule has 7 heteroatoms. The predicted octanol–water partition coefficient (Wildman–Crippen LogP) is 0.711. The average Bonchev–Trinajstić information content (AvgIpc) is 2.81. The first-order valence-corrected chi connectivity index (χ1v) is 6.25. The number of aryl methyl sites for hydroxylation is 1. The van der Waals surface area contributed by atoms with Gasteiger partial charge in [-0.3, -0.25) is 19.9 Å². The van der Waals surface area contributed by atoms with Crippen LogP contribution in [0.5, 0.6) is 0 Å². The molecule has 0 aliphatic rings. The normalized spacial score (nSPS) is 10.3. The fraction of sp³-hybridized carbons (Fsp3) is 0.182. The Morgan fingerprint density at radius 1 is 1.61 bits per heavy atom. The van der Waals surface area contributed by atoms with E-state index in [-0.39, 0.29) is 5.91 Å². The molecule has 0 fully saturated rings. The standard InChI is InChI=1S/C11H13N5OS/c1-16-6-8(5-14-16)18-7-10-9(11(17)15-12)3-2-4-13-10/h2-6H,7,12H2,1H3,(H,15,17). The van der Waals surface area contributed by atoms with Gasteiger partial charge in [-0.1, -0.05) is 0 Å². The van der Waals surface area contributed by atoms with Gasteiger partial charge in [-0.05, 0) is 12.1 Å². The molecule has 2 heterocycles. The number of carbonyl (C=O) groups excluding carboxylic acids is 1. The van der Waals surface area contributed by atoms with Crippen molar-refractivity contribution in [2.45, 2.75) is 10.6 Å². The molecular weight excluding hydrogens is 250 g/mol. The molecule has 6 nitrogen and oxygen atoms in total. The van der Waals surface area contributed by atoms with Crippen LogP contribution < -0.4 is 11.3 Å². The zero-order chi connectivity index (χ0) is 13.0. The fourth-order valence-corrected chi connectivity index (χ4v) is 2.34. The van der Waals surface area contributed by atoms with E-state index in [2.05, 4.69) is 15.5 Å². The molecule has 0 atom stereocenters. The molecule has 0 aromatic carbocycles. The minimum absolute atomic E-state index is 0.329. The molecule has 0 saturated carbocycles. The second-order valence-electron chi connectivity index (χ2n) is 3.61. The zero-order valence-electron chi connectivity index (χ0n) is 9.83. The van der Waals surface area contributed by atoms with E-state index in [0.29, 0.717) is 17.0 Å². The van der Waals surface area contributed by atoms with Crippen molar-refractivity contribution in [3.63, 3.8) is 0 Å². The summed E-state index contributed by atoms with van der Waals surface area (Å²) in [6.45, 7) is 0. The van der Waals surface area contributed by atoms with Crippen LogP contribution in [0, 0.1) is 0 Å². The Morgan fingerprint density at radius 3 is 3.11 bits per heavy atom. The van der Waals surface area contributed by atoms with Crippen molar-refractivity contribution in [1.82, 2.24) is 20.2 Å². The monoisotopic (exact) mass is 263 g/mol. The molecule has 0 spiro atoms. The molecular formula is C11H13N5OS. The summed E-state index contributed by atoms with van der Waals surface area (Å²) in [5.41, 5.74) is 3.32. The second-order valence-corrected chi connectivity index (χ2v) is 4.66. The van der Waals surface area contributed by atoms with Gasteiger partial charge in [0, 0.05) is 30.1 Å². The molecule has 2 aromatic heterocycles. The SMILES string of the molecule is Cn1cc(SCc2ncccc2C(=O)NN)cn1. The number of nitrogens with zero attached hydrogens (tertiary/aromatic N) is 3. The van der Waals surface area contributed by atoms with Crippen LogP contribution >= 0.6 is 11.8 Å². The lowest BCUT2D eigenvalue weighted by atomic mass is 10.2. The average molecular weight is 263 g/mol. The molecule has 1 amide bonds. The number of pyridine rings is 1. The number of nitrogens with one attached hydrogen (secondary N) is 1. The maximum Gasteiger partial charge on any atom is 0.267 e. The van der Waals surface area contributed by atoms with E-state index in [1.54, 1.807) is 41.0 Å². The van der Waals surface area contributed by atoms with E-state index in [4.69, 9.17) is 5.84 Å². The molecule has 94 valence electrons. The lowest BCUT2D eigenvalue weighted by Gasteiger charge is -2.05. The minimum atomic E-state index is -0.329. The smallest absolute Gasteiger partial charge is 0.267 e. The van der Waals surface area contributed by atoms with Crippen LogP contribution in [-0.2, 0) is 12.8 Å². The van der Waals surface area contributed by atoms with Crippen molar-refractivity contribution >= 4 is 17.7 Å². The molecule has 0 saturated heterocycles. The van der Waals surface area contributed by atoms with Crippen LogP contribution in [-0.4, -0.2) is 20.7 Å². The molecule has 2 aromatic rings. The van der Waals surface area contributed by atoms with Gasteiger partial charge in [-0.2, -0.15) is 5.10 Å². The Hall–Kier alpha value is -1.86. The molecule has 2 rings (SSSR count). The maximum atomic E-state index is 11.5. The van der Waals surface area contributed by atoms with Crippen molar-refractivity contribution in [2.75, 3.05) is 0 Å². The highest BCUT2D eigenvalue weighted by Gasteiger charge is 2.11. The quantitative estimate of drug-likeness (QED) is 0.367. The molecule has 3 N–H and O–H groups in total. The Kier molecular flexibility index (Phi) is 3.96. The summed E-state index contributed by atoms with van der Waals surface area (Å²) >= 11 is 1.57. The van der Waals surface area contributed by atoms with Crippen LogP contribution in [0.3, 0.4) is 0 Å². The molecule has 0 radical (unpaired) electrons. The zero-order valence-corrected chi connectivity index (χ0v) is 10.6. The number of rotatable bonds is 4. The number of thioether (sulfide) groups is 1. The van der Waals surface area contributed by atoms with Crippen molar-refractivity contribution in [2.24, 2.45) is 12.9 Å². The second kappa shape index (κ2) is 5.65. The first-order chi connectivity index (χ1) is 8.70. The number of nitrogen functional groups attached to an aromatic ring is 1. The third kappa shape index (κ3) is 2.88. The lowest BCUT2D eigenvalue weighted by Crippen LogP contribution is -2.30. The van der Waals surface area contributed by atoms with Gasteiger partial charge in [0.05, 0.1) is 17.5 Å². The Labute approximate surface area is 109 Å². The van der Waals surface area contributed by atoms with E-state index < -0.39 is 0 Å². The van der Waals surface area contributed by atoms with E-state index >= 15 is 0 Å². The minimum Gasteiger partial charge on any atom is -0.290 e. The van der Waals surface area contributed by atoms with Gasteiger partial charge in [0.1, 0.15) is 0 Å². The topological polar surface area (TPSA) is 85.8 Å². The number of hydrogen-bond donors (Lipinski definition) is 2. The Bertz CT molecular complexity index is 554. The number of hydrogen-bond acceptors (Lipinski definition) is 5. The van der Waals surface area contributed by atoms with E-state index in [1.807, 2.05) is 13.2 Å². The highest BCUT2D eigenvalue weighted by molar-refractivity contribution is 7.98. The molecule has 0 unspecified atom stereocenters. The molecule has 0 aliphatic heterocycles. The molecule has 0 aliphatic carbocycles. The summed E-state index contributed by atoms with van der Waals surface area (Å²) in [7, 11) is 1.86. The lowest BCUT2D eigenvalue weighted by molar-refractivity contribution is 0.0952. The van der Waals surface area contributed by atoms with Gasteiger partial charge in [0.25, 0.3) is 5.91 Å². The number of aromatic nitrogens is 3. The largest absolute Gasteiger partial charge is 0.290 e. The predicted molar refractivity (Wildman–Crippen MR) is 68.7 cm³/mol. The van der Waals surface area contributed by atoms with E-state index in [9.17, 15) is 4.79 Å². The highest BCUT2D eigenvalue weighted by Crippen LogP contribution is 2.22. The highest BCUT2D eigenvalue weighted by atomic mass is 32.2. The third-order valence-corrected chi connectivity index (χ3v) is 3.28. The number of nitrogens with two attached hydrogens (primary N) is 1. The van der Waals surface area contributed by atoms with Gasteiger partial charge in [0.15, 0.2) is 0 Å². The van der Waals surface area contributed by atoms with Gasteiger partial charge >= 0.3 is 0 Å². The van der Waals surface area contributed by atoms with Crippen molar-refractivity contribution in [3.8, 4) is 0 Å². The maximum absolute atomic E-state index is 11.5. The number of hydrazine groups is 1. The first kappa shape index (κ1) is 12.6. The van der Waals surface area contributed by atoms with Crippen LogP contribution in [0.15, 0.2) is 35.6 Å². The number of carbonyl (C=O) groups is 1. The van der Waals surface area contributed by atoms with E-state index in [0.717, 1.165) is 4.90 Å². The van der Waals surface area contributed by atoms with Crippen LogP contribution in [0.25, 0.3) is 0 Å². The first-order valence-electron chi connectivity index (χ1n) is 5.27. The molecule has 0 bridgehead atoms. The summed E-state index contributed by atoms with van der Waals surface area (Å²) in [6, 6.07) is 3.41. The number of amides is 1. The third-order valence-electron chi connectivity index (χ3n) is 2.32. The molecule has 18 heavy (non-hydrogen) atoms. The Balaban J connectivity index is 2.11. The Morgan fingerprint density at radius 2 is 2.44 bits per heavy atom. The van der Waals surface area contributed by atoms with Crippen molar-refractivity contribution in [3.05, 3.63) is 42.0 Å². The van der Waals surface area contributed by atoms with Crippen LogP contribution in [0.1, 0.15) is 16.1 Å². The summed E-state index contributed by atoms with van der Waals surface area (Å²) in [5, 5.41) is 4.08. The van der Waals surface area contributed by atoms with Gasteiger partial charge in [-0.15, -0.1) is 11.8 Å². The van der Waals surface area contributed by atoms with Gasteiger partial charge in [-0.25, -0.2) is 5.84 Å². The van der Waals surface area contributed by atoms with Gasteiger partial charge in [0.2, 0.25) is 0 Å².